The van der Waals surface area contributed by atoms with Crippen molar-refractivity contribution in [1.29, 1.82) is 0 Å². The van der Waals surface area contributed by atoms with Crippen LogP contribution in [0.15, 0.2) is 83.9 Å². The highest BCUT2D eigenvalue weighted by Gasteiger charge is 2.20. The van der Waals surface area contributed by atoms with Gasteiger partial charge in [-0.15, -0.1) is 0 Å². The summed E-state index contributed by atoms with van der Waals surface area (Å²) in [6.45, 7) is 2.15. The third-order valence-corrected chi connectivity index (χ3v) is 4.66. The van der Waals surface area contributed by atoms with Gasteiger partial charge >= 0.3 is 0 Å². The van der Waals surface area contributed by atoms with Gasteiger partial charge in [0.25, 0.3) is 11.5 Å². The Kier molecular flexibility index (Phi) is 4.72. The molecule has 0 atom stereocenters. The second-order valence-corrected chi connectivity index (χ2v) is 6.68. The Hall–Kier alpha value is -3.73. The molecule has 28 heavy (non-hydrogen) atoms. The molecule has 0 radical (unpaired) electrons. The number of anilines is 1. The molecular formula is C23H19N3O2. The number of aromatic amines is 1. The van der Waals surface area contributed by atoms with E-state index in [4.69, 9.17) is 0 Å². The SMILES string of the molecule is Cc1ccc(N(Cc2cc3ccccc3[nH]c2=O)C(=O)c2cccnc2)cc1. The van der Waals surface area contributed by atoms with E-state index in [1.165, 1.54) is 6.20 Å². The second-order valence-electron chi connectivity index (χ2n) is 6.68. The van der Waals surface area contributed by atoms with Gasteiger partial charge in [0.2, 0.25) is 0 Å². The molecule has 2 aromatic heterocycles. The van der Waals surface area contributed by atoms with Gasteiger partial charge in [0.1, 0.15) is 0 Å². The molecular weight excluding hydrogens is 350 g/mol. The molecule has 0 saturated carbocycles. The Balaban J connectivity index is 1.77. The number of pyridine rings is 2. The summed E-state index contributed by atoms with van der Waals surface area (Å²) in [6, 6.07) is 20.6. The summed E-state index contributed by atoms with van der Waals surface area (Å²) in [4.78, 5) is 34.3. The number of para-hydroxylation sites is 1. The van der Waals surface area contributed by atoms with Gasteiger partial charge in [-0.3, -0.25) is 14.6 Å². The monoisotopic (exact) mass is 369 g/mol. The van der Waals surface area contributed by atoms with Gasteiger partial charge < -0.3 is 9.88 Å². The summed E-state index contributed by atoms with van der Waals surface area (Å²) in [6.07, 6.45) is 3.16. The average molecular weight is 369 g/mol. The highest BCUT2D eigenvalue weighted by molar-refractivity contribution is 6.05. The number of hydrogen-bond acceptors (Lipinski definition) is 3. The van der Waals surface area contributed by atoms with E-state index in [2.05, 4.69) is 9.97 Å². The van der Waals surface area contributed by atoms with Crippen molar-refractivity contribution in [3.63, 3.8) is 0 Å². The van der Waals surface area contributed by atoms with Crippen molar-refractivity contribution in [3.8, 4) is 0 Å². The molecule has 5 nitrogen and oxygen atoms in total. The molecule has 0 spiro atoms. The van der Waals surface area contributed by atoms with Crippen molar-refractivity contribution in [2.75, 3.05) is 4.90 Å². The van der Waals surface area contributed by atoms with E-state index in [-0.39, 0.29) is 18.0 Å². The minimum atomic E-state index is -0.204. The lowest BCUT2D eigenvalue weighted by Gasteiger charge is -2.23. The topological polar surface area (TPSA) is 66.1 Å². The fourth-order valence-corrected chi connectivity index (χ4v) is 3.13. The summed E-state index contributed by atoms with van der Waals surface area (Å²) in [5, 5.41) is 0.926. The van der Waals surface area contributed by atoms with Crippen LogP contribution in [0.25, 0.3) is 10.9 Å². The zero-order chi connectivity index (χ0) is 19.5. The van der Waals surface area contributed by atoms with Crippen molar-refractivity contribution in [2.45, 2.75) is 13.5 Å². The molecule has 138 valence electrons. The second kappa shape index (κ2) is 7.48. The molecule has 0 unspecified atom stereocenters. The lowest BCUT2D eigenvalue weighted by molar-refractivity contribution is 0.0984. The van der Waals surface area contributed by atoms with Crippen molar-refractivity contribution < 1.29 is 4.79 Å². The molecule has 0 fully saturated rings. The fourth-order valence-electron chi connectivity index (χ4n) is 3.13. The minimum Gasteiger partial charge on any atom is -0.322 e. The van der Waals surface area contributed by atoms with Gasteiger partial charge in [-0.05, 0) is 48.7 Å². The Labute approximate surface area is 162 Å². The number of amides is 1. The minimum absolute atomic E-state index is 0.164. The van der Waals surface area contributed by atoms with Gasteiger partial charge in [-0.1, -0.05) is 35.9 Å². The molecule has 5 heteroatoms. The third-order valence-electron chi connectivity index (χ3n) is 4.66. The van der Waals surface area contributed by atoms with Crippen molar-refractivity contribution in [1.82, 2.24) is 9.97 Å². The number of carbonyl (C=O) groups is 1. The fraction of sp³-hybridized carbons (Fsp3) is 0.0870. The van der Waals surface area contributed by atoms with Crippen LogP contribution in [0.1, 0.15) is 21.5 Å². The summed E-state index contributed by atoms with van der Waals surface area (Å²) >= 11 is 0. The summed E-state index contributed by atoms with van der Waals surface area (Å²) in [5.74, 6) is -0.204. The number of aryl methyl sites for hydroxylation is 1. The lowest BCUT2D eigenvalue weighted by atomic mass is 10.1. The molecule has 0 aliphatic heterocycles. The highest BCUT2D eigenvalue weighted by Crippen LogP contribution is 2.21. The first-order chi connectivity index (χ1) is 13.6. The quantitative estimate of drug-likeness (QED) is 0.589. The molecule has 0 bridgehead atoms. The molecule has 2 heterocycles. The maximum atomic E-state index is 13.2. The Bertz CT molecular complexity index is 1180. The highest BCUT2D eigenvalue weighted by atomic mass is 16.2. The summed E-state index contributed by atoms with van der Waals surface area (Å²) in [7, 11) is 0. The Morgan fingerprint density at radius 1 is 1.04 bits per heavy atom. The van der Waals surface area contributed by atoms with Crippen molar-refractivity contribution in [2.24, 2.45) is 0 Å². The van der Waals surface area contributed by atoms with Crippen LogP contribution in [-0.2, 0) is 6.54 Å². The van der Waals surface area contributed by atoms with Crippen LogP contribution in [-0.4, -0.2) is 15.9 Å². The van der Waals surface area contributed by atoms with Gasteiger partial charge in [0.15, 0.2) is 0 Å². The molecule has 0 aliphatic rings. The molecule has 4 aromatic rings. The summed E-state index contributed by atoms with van der Waals surface area (Å²) in [5.41, 5.74) is 3.40. The van der Waals surface area contributed by atoms with Gasteiger partial charge in [-0.2, -0.15) is 0 Å². The van der Waals surface area contributed by atoms with E-state index < -0.39 is 0 Å². The van der Waals surface area contributed by atoms with E-state index in [1.54, 1.807) is 23.2 Å². The zero-order valence-corrected chi connectivity index (χ0v) is 15.4. The van der Waals surface area contributed by atoms with E-state index in [9.17, 15) is 9.59 Å². The van der Waals surface area contributed by atoms with Crippen molar-refractivity contribution in [3.05, 3.63) is 106 Å². The molecule has 1 N–H and O–H groups in total. The van der Waals surface area contributed by atoms with E-state index in [0.29, 0.717) is 11.1 Å². The third kappa shape index (κ3) is 3.55. The van der Waals surface area contributed by atoms with Crippen LogP contribution in [0.2, 0.25) is 0 Å². The largest absolute Gasteiger partial charge is 0.322 e. The van der Waals surface area contributed by atoms with Crippen LogP contribution >= 0.6 is 0 Å². The molecule has 0 aliphatic carbocycles. The van der Waals surface area contributed by atoms with Crippen LogP contribution in [0.5, 0.6) is 0 Å². The number of fused-ring (bicyclic) bond motifs is 1. The van der Waals surface area contributed by atoms with Gasteiger partial charge in [-0.25, -0.2) is 0 Å². The van der Waals surface area contributed by atoms with E-state index >= 15 is 0 Å². The molecule has 4 rings (SSSR count). The van der Waals surface area contributed by atoms with Crippen LogP contribution in [0.3, 0.4) is 0 Å². The van der Waals surface area contributed by atoms with E-state index in [1.807, 2.05) is 61.5 Å². The first kappa shape index (κ1) is 17.7. The lowest BCUT2D eigenvalue weighted by Crippen LogP contribution is -2.33. The van der Waals surface area contributed by atoms with E-state index in [0.717, 1.165) is 22.2 Å². The number of H-pyrrole nitrogens is 1. The van der Waals surface area contributed by atoms with Gasteiger partial charge in [0.05, 0.1) is 12.1 Å². The number of nitrogens with one attached hydrogen (secondary N) is 1. The predicted octanol–water partition coefficient (Wildman–Crippen LogP) is 4.08. The van der Waals surface area contributed by atoms with Gasteiger partial charge in [0, 0.05) is 29.2 Å². The summed E-state index contributed by atoms with van der Waals surface area (Å²) < 4.78 is 0. The zero-order valence-electron chi connectivity index (χ0n) is 15.4. The smallest absolute Gasteiger partial charge is 0.260 e. The first-order valence-electron chi connectivity index (χ1n) is 9.01. The standard InChI is InChI=1S/C23H19N3O2/c1-16-8-10-20(11-9-16)26(23(28)18-6-4-12-24-14-18)15-19-13-17-5-2-3-7-21(17)25-22(19)27/h2-14H,15H2,1H3,(H,25,27). The number of hydrogen-bond donors (Lipinski definition) is 1. The molecule has 1 amide bonds. The number of benzene rings is 2. The number of nitrogens with zero attached hydrogens (tertiary/aromatic N) is 2. The van der Waals surface area contributed by atoms with Crippen LogP contribution < -0.4 is 10.5 Å². The Morgan fingerprint density at radius 3 is 2.57 bits per heavy atom. The van der Waals surface area contributed by atoms with Crippen molar-refractivity contribution >= 4 is 22.5 Å². The number of aromatic nitrogens is 2. The number of rotatable bonds is 4. The maximum Gasteiger partial charge on any atom is 0.260 e. The Morgan fingerprint density at radius 2 is 1.82 bits per heavy atom. The van der Waals surface area contributed by atoms with Crippen LogP contribution in [0.4, 0.5) is 5.69 Å². The first-order valence-corrected chi connectivity index (χ1v) is 9.01. The number of carbonyl (C=O) groups excluding carboxylic acids is 1. The maximum absolute atomic E-state index is 13.2. The average Bonchev–Trinajstić information content (AvgIpc) is 2.73. The van der Waals surface area contributed by atoms with Crippen LogP contribution in [0, 0.1) is 6.92 Å². The predicted molar refractivity (Wildman–Crippen MR) is 110 cm³/mol. The normalized spacial score (nSPS) is 10.8. The molecule has 2 aromatic carbocycles. The molecule has 0 saturated heterocycles.